The van der Waals surface area contributed by atoms with Crippen LogP contribution in [0.1, 0.15) is 67.1 Å². The number of anilines is 1. The fourth-order valence-corrected chi connectivity index (χ4v) is 4.37. The number of benzene rings is 1. The van der Waals surface area contributed by atoms with Crippen molar-refractivity contribution in [3.8, 4) is 0 Å². The van der Waals surface area contributed by atoms with Crippen molar-refractivity contribution in [1.82, 2.24) is 4.90 Å². The van der Waals surface area contributed by atoms with Gasteiger partial charge in [-0.2, -0.15) is 0 Å². The molecule has 1 unspecified atom stereocenters. The van der Waals surface area contributed by atoms with E-state index in [-0.39, 0.29) is 34.1 Å². The van der Waals surface area contributed by atoms with Gasteiger partial charge in [0.2, 0.25) is 5.91 Å². The summed E-state index contributed by atoms with van der Waals surface area (Å²) < 4.78 is 5.05. The molecule has 0 fully saturated rings. The van der Waals surface area contributed by atoms with E-state index in [9.17, 15) is 24.0 Å². The first-order valence-corrected chi connectivity index (χ1v) is 10.1. The van der Waals surface area contributed by atoms with Crippen LogP contribution in [0.3, 0.4) is 0 Å². The maximum Gasteiger partial charge on any atom is 0.341 e. The molecular weight excluding hydrogens is 408 g/mol. The largest absolute Gasteiger partial charge is 0.462 e. The zero-order valence-electron chi connectivity index (χ0n) is 16.9. The number of fused-ring (bicyclic) bond motifs is 1. The Labute approximate surface area is 176 Å². The summed E-state index contributed by atoms with van der Waals surface area (Å²) in [6.45, 7) is 6.16. The molecule has 1 aromatic heterocycles. The summed E-state index contributed by atoms with van der Waals surface area (Å²) in [6, 6.07) is 5.21. The number of ether oxygens (including phenoxy) is 1. The number of carbonyl (C=O) groups excluding carboxylic acids is 5. The quantitative estimate of drug-likeness (QED) is 0.430. The van der Waals surface area contributed by atoms with Gasteiger partial charge in [0.15, 0.2) is 5.78 Å². The Hall–Kier alpha value is -3.33. The number of imide groups is 1. The summed E-state index contributed by atoms with van der Waals surface area (Å²) in [5, 5.41) is 2.73. The molecule has 0 aliphatic carbocycles. The highest BCUT2D eigenvalue weighted by atomic mass is 32.1. The summed E-state index contributed by atoms with van der Waals surface area (Å²) in [5.74, 6) is -2.70. The average molecular weight is 428 g/mol. The Morgan fingerprint density at radius 3 is 2.20 bits per heavy atom. The monoisotopic (exact) mass is 428 g/mol. The van der Waals surface area contributed by atoms with Crippen LogP contribution in [-0.4, -0.2) is 47.0 Å². The van der Waals surface area contributed by atoms with Gasteiger partial charge < -0.3 is 10.1 Å². The van der Waals surface area contributed by atoms with Gasteiger partial charge in [0, 0.05) is 0 Å². The minimum absolute atomic E-state index is 0.0926. The molecule has 8 nitrogen and oxygen atoms in total. The maximum atomic E-state index is 12.9. The lowest BCUT2D eigenvalue weighted by molar-refractivity contribution is -0.119. The van der Waals surface area contributed by atoms with Crippen LogP contribution >= 0.6 is 11.3 Å². The summed E-state index contributed by atoms with van der Waals surface area (Å²) >= 11 is 0.955. The van der Waals surface area contributed by atoms with Crippen molar-refractivity contribution in [1.29, 1.82) is 0 Å². The molecule has 0 spiro atoms. The van der Waals surface area contributed by atoms with E-state index >= 15 is 0 Å². The van der Waals surface area contributed by atoms with E-state index in [1.54, 1.807) is 26.0 Å². The topological polar surface area (TPSA) is 110 Å². The highest BCUT2D eigenvalue weighted by molar-refractivity contribution is 7.18. The molecule has 0 saturated carbocycles. The number of ketones is 1. The molecule has 0 radical (unpaired) electrons. The van der Waals surface area contributed by atoms with Crippen LogP contribution in [0.4, 0.5) is 5.00 Å². The first-order chi connectivity index (χ1) is 14.2. The van der Waals surface area contributed by atoms with Crippen molar-refractivity contribution in [2.24, 2.45) is 0 Å². The van der Waals surface area contributed by atoms with Gasteiger partial charge >= 0.3 is 5.97 Å². The molecule has 9 heteroatoms. The van der Waals surface area contributed by atoms with Gasteiger partial charge in [0.1, 0.15) is 11.0 Å². The third kappa shape index (κ3) is 3.52. The number of hydrogen-bond acceptors (Lipinski definition) is 7. The fraction of sp³-hybridized carbons (Fsp3) is 0.286. The average Bonchev–Trinajstić information content (AvgIpc) is 3.16. The van der Waals surface area contributed by atoms with Gasteiger partial charge in [0.05, 0.1) is 28.2 Å². The van der Waals surface area contributed by atoms with E-state index in [1.807, 2.05) is 0 Å². The SMILES string of the molecule is CCOC(=O)c1c(NC(=O)C(C)N2C(=O)c3ccccc3C2=O)sc(C(C)=O)c1C. The van der Waals surface area contributed by atoms with Crippen LogP contribution in [0.25, 0.3) is 0 Å². The van der Waals surface area contributed by atoms with E-state index < -0.39 is 29.7 Å². The molecular formula is C21H20N2O6S. The Bertz CT molecular complexity index is 1050. The molecule has 1 aliphatic rings. The van der Waals surface area contributed by atoms with Crippen molar-refractivity contribution in [2.45, 2.75) is 33.7 Å². The Kier molecular flexibility index (Phi) is 5.84. The van der Waals surface area contributed by atoms with Gasteiger partial charge in [0.25, 0.3) is 11.8 Å². The van der Waals surface area contributed by atoms with E-state index in [2.05, 4.69) is 5.32 Å². The van der Waals surface area contributed by atoms with Crippen molar-refractivity contribution < 1.29 is 28.7 Å². The highest BCUT2D eigenvalue weighted by Gasteiger charge is 2.41. The minimum atomic E-state index is -1.13. The number of thiophene rings is 1. The number of Topliss-reactive ketones (excluding diaryl/α,β-unsaturated/α-hetero) is 1. The smallest absolute Gasteiger partial charge is 0.341 e. The van der Waals surface area contributed by atoms with Gasteiger partial charge in [-0.3, -0.25) is 24.1 Å². The van der Waals surface area contributed by atoms with Crippen molar-refractivity contribution >= 4 is 45.8 Å². The lowest BCUT2D eigenvalue weighted by Gasteiger charge is -2.21. The Balaban J connectivity index is 1.90. The molecule has 0 saturated heterocycles. The van der Waals surface area contributed by atoms with Crippen molar-refractivity contribution in [2.75, 3.05) is 11.9 Å². The van der Waals surface area contributed by atoms with Gasteiger partial charge in [-0.05, 0) is 45.4 Å². The summed E-state index contributed by atoms with van der Waals surface area (Å²) in [4.78, 5) is 63.6. The predicted molar refractivity (Wildman–Crippen MR) is 110 cm³/mol. The van der Waals surface area contributed by atoms with Crippen LogP contribution < -0.4 is 5.32 Å². The summed E-state index contributed by atoms with van der Waals surface area (Å²) in [5.41, 5.74) is 0.977. The number of nitrogens with one attached hydrogen (secondary N) is 1. The molecule has 1 atom stereocenters. The van der Waals surface area contributed by atoms with Gasteiger partial charge in [-0.25, -0.2) is 4.79 Å². The Morgan fingerprint density at radius 1 is 1.13 bits per heavy atom. The minimum Gasteiger partial charge on any atom is -0.462 e. The standard InChI is InChI=1S/C21H20N2O6S/c1-5-29-21(28)15-10(2)16(12(4)24)30-18(15)22-17(25)11(3)23-19(26)13-8-6-7-9-14(13)20(23)27/h6-9,11H,5H2,1-4H3,(H,22,25). The molecule has 2 heterocycles. The lowest BCUT2D eigenvalue weighted by atomic mass is 10.1. The molecule has 1 aliphatic heterocycles. The molecule has 1 N–H and O–H groups in total. The first-order valence-electron chi connectivity index (χ1n) is 9.28. The van der Waals surface area contributed by atoms with Crippen LogP contribution in [0.5, 0.6) is 0 Å². The number of rotatable bonds is 6. The van der Waals surface area contributed by atoms with E-state index in [0.29, 0.717) is 10.4 Å². The number of esters is 1. The zero-order chi connectivity index (χ0) is 22.2. The predicted octanol–water partition coefficient (Wildman–Crippen LogP) is 3.06. The molecule has 2 aromatic rings. The number of amides is 3. The van der Waals surface area contributed by atoms with E-state index in [4.69, 9.17) is 4.74 Å². The second-order valence-corrected chi connectivity index (χ2v) is 7.75. The van der Waals surface area contributed by atoms with Gasteiger partial charge in [-0.15, -0.1) is 11.3 Å². The highest BCUT2D eigenvalue weighted by Crippen LogP contribution is 2.34. The van der Waals surface area contributed by atoms with Crippen molar-refractivity contribution in [3.63, 3.8) is 0 Å². The van der Waals surface area contributed by atoms with Crippen molar-refractivity contribution in [3.05, 3.63) is 51.4 Å². The van der Waals surface area contributed by atoms with E-state index in [1.165, 1.54) is 26.0 Å². The maximum absolute atomic E-state index is 12.9. The lowest BCUT2D eigenvalue weighted by Crippen LogP contribution is -2.45. The molecule has 0 bridgehead atoms. The second kappa shape index (κ2) is 8.19. The third-order valence-corrected chi connectivity index (χ3v) is 6.08. The molecule has 1 aromatic carbocycles. The van der Waals surface area contributed by atoms with Gasteiger partial charge in [-0.1, -0.05) is 12.1 Å². The molecule has 3 rings (SSSR count). The van der Waals surface area contributed by atoms with E-state index in [0.717, 1.165) is 16.2 Å². The normalized spacial score (nSPS) is 13.8. The summed E-state index contributed by atoms with van der Waals surface area (Å²) in [7, 11) is 0. The fourth-order valence-electron chi connectivity index (χ4n) is 3.28. The molecule has 30 heavy (non-hydrogen) atoms. The molecule has 3 amide bonds. The number of nitrogens with zero attached hydrogens (tertiary/aromatic N) is 1. The summed E-state index contributed by atoms with van der Waals surface area (Å²) in [6.07, 6.45) is 0. The first kappa shape index (κ1) is 21.4. The Morgan fingerprint density at radius 2 is 1.70 bits per heavy atom. The number of carbonyl (C=O) groups is 5. The van der Waals surface area contributed by atoms with Crippen LogP contribution in [-0.2, 0) is 9.53 Å². The second-order valence-electron chi connectivity index (χ2n) is 6.73. The third-order valence-electron chi connectivity index (χ3n) is 4.78. The van der Waals surface area contributed by atoms with Crippen LogP contribution in [0.2, 0.25) is 0 Å². The number of hydrogen-bond donors (Lipinski definition) is 1. The molecule has 156 valence electrons. The van der Waals surface area contributed by atoms with Crippen LogP contribution in [0.15, 0.2) is 24.3 Å². The van der Waals surface area contributed by atoms with Crippen LogP contribution in [0, 0.1) is 6.92 Å². The zero-order valence-corrected chi connectivity index (χ0v) is 17.7.